The minimum atomic E-state index is -4.61. The quantitative estimate of drug-likeness (QED) is 0.271. The molecule has 112 valence electrons. The van der Waals surface area contributed by atoms with Crippen LogP contribution in [0.2, 0.25) is 0 Å². The van der Waals surface area contributed by atoms with Gasteiger partial charge in [0, 0.05) is 0 Å². The molecule has 12 heteroatoms. The van der Waals surface area contributed by atoms with E-state index in [1.165, 1.54) is 6.92 Å². The number of hydrogen-bond donors (Lipinski definition) is 3. The maximum absolute atomic E-state index is 11.6. The molecule has 0 radical (unpaired) electrons. The highest BCUT2D eigenvalue weighted by Crippen LogP contribution is 2.14. The Morgan fingerprint density at radius 1 is 1.55 bits per heavy atom. The topological polar surface area (TPSA) is 150 Å². The van der Waals surface area contributed by atoms with Crippen molar-refractivity contribution < 1.29 is 31.6 Å². The van der Waals surface area contributed by atoms with Gasteiger partial charge in [-0.2, -0.15) is 8.42 Å². The maximum Gasteiger partial charge on any atom is 0.362 e. The van der Waals surface area contributed by atoms with Crippen molar-refractivity contribution >= 4 is 44.6 Å². The molecule has 1 saturated heterocycles. The first-order valence-electron chi connectivity index (χ1n) is 5.18. The van der Waals surface area contributed by atoms with Crippen LogP contribution in [0.4, 0.5) is 0 Å². The molecule has 2 atom stereocenters. The lowest BCUT2D eigenvalue weighted by atomic mass is 10.1. The van der Waals surface area contributed by atoms with Crippen molar-refractivity contribution in [2.45, 2.75) is 19.0 Å². The average molecular weight is 325 g/mol. The Morgan fingerprint density at radius 2 is 2.15 bits per heavy atom. The van der Waals surface area contributed by atoms with Crippen LogP contribution in [-0.4, -0.2) is 63.2 Å². The Morgan fingerprint density at radius 3 is 2.60 bits per heavy atom. The van der Waals surface area contributed by atoms with Crippen molar-refractivity contribution in [2.75, 3.05) is 6.54 Å². The highest BCUT2D eigenvalue weighted by molar-refractivity contribution is 7.84. The largest absolute Gasteiger partial charge is 0.362 e. The van der Waals surface area contributed by atoms with Crippen LogP contribution in [0.1, 0.15) is 6.92 Å². The molecule has 20 heavy (non-hydrogen) atoms. The molecule has 1 fully saturated rings. The van der Waals surface area contributed by atoms with Gasteiger partial charge in [0.1, 0.15) is 12.1 Å². The van der Waals surface area contributed by atoms with Crippen molar-refractivity contribution in [1.82, 2.24) is 14.9 Å². The van der Waals surface area contributed by atoms with E-state index >= 15 is 0 Å². The van der Waals surface area contributed by atoms with E-state index in [0.717, 1.165) is 5.37 Å². The van der Waals surface area contributed by atoms with Crippen LogP contribution in [0.15, 0.2) is 0 Å². The summed E-state index contributed by atoms with van der Waals surface area (Å²) in [5, 5.41) is 5.09. The Bertz CT molecular complexity index is 595. The van der Waals surface area contributed by atoms with E-state index in [0.29, 0.717) is 0 Å². The molecule has 0 aromatic rings. The highest BCUT2D eigenvalue weighted by atomic mass is 32.2. The lowest BCUT2D eigenvalue weighted by molar-refractivity contribution is -0.141. The van der Waals surface area contributed by atoms with E-state index in [1.807, 2.05) is 0 Å². The second kappa shape index (κ2) is 6.11. The summed E-state index contributed by atoms with van der Waals surface area (Å²) >= 11 is -0.0776. The van der Waals surface area contributed by atoms with Crippen LogP contribution < -0.4 is 10.6 Å². The van der Waals surface area contributed by atoms with Crippen LogP contribution in [-0.2, 0) is 35.9 Å². The van der Waals surface area contributed by atoms with Gasteiger partial charge in [0.05, 0.1) is 23.2 Å². The monoisotopic (exact) mass is 325 g/mol. The van der Waals surface area contributed by atoms with Gasteiger partial charge in [-0.05, 0) is 6.92 Å². The zero-order valence-electron chi connectivity index (χ0n) is 10.1. The molecule has 0 spiro atoms. The van der Waals surface area contributed by atoms with Gasteiger partial charge < -0.3 is 10.6 Å². The zero-order valence-corrected chi connectivity index (χ0v) is 11.7. The minimum Gasteiger partial charge on any atom is -0.341 e. The molecule has 1 rings (SSSR count). The summed E-state index contributed by atoms with van der Waals surface area (Å²) in [5.41, 5.74) is 0. The number of nitrogens with zero attached hydrogens (tertiary/aromatic N) is 1. The normalized spacial score (nSPS) is 19.6. The molecule has 10 nitrogen and oxygen atoms in total. The molecule has 0 aromatic carbocycles. The zero-order chi connectivity index (χ0) is 15.5. The molecule has 1 unspecified atom stereocenters. The van der Waals surface area contributed by atoms with Crippen LogP contribution >= 0.6 is 0 Å². The first-order chi connectivity index (χ1) is 9.16. The van der Waals surface area contributed by atoms with Crippen LogP contribution in [0.5, 0.6) is 0 Å². The smallest absolute Gasteiger partial charge is 0.341 e. The van der Waals surface area contributed by atoms with Crippen molar-refractivity contribution in [3.05, 3.63) is 0 Å². The number of nitrogens with one attached hydrogen (secondary N) is 2. The minimum absolute atomic E-state index is 0.0776. The van der Waals surface area contributed by atoms with Gasteiger partial charge in [0.15, 0.2) is 0 Å². The fraction of sp³-hybridized carbons (Fsp3) is 0.500. The van der Waals surface area contributed by atoms with Gasteiger partial charge in [0.25, 0.3) is 11.8 Å². The number of hydrogen-bond acceptors (Lipinski definition) is 6. The lowest BCUT2D eigenvalue weighted by Crippen LogP contribution is -2.66. The fourth-order valence-electron chi connectivity index (χ4n) is 1.36. The van der Waals surface area contributed by atoms with Crippen molar-refractivity contribution in [3.63, 3.8) is 0 Å². The second-order valence-electron chi connectivity index (χ2n) is 3.85. The molecule has 1 aliphatic rings. The van der Waals surface area contributed by atoms with Crippen molar-refractivity contribution in [2.24, 2.45) is 0 Å². The Balaban J connectivity index is 2.51. The summed E-state index contributed by atoms with van der Waals surface area (Å²) in [7, 11) is -4.61. The summed E-state index contributed by atoms with van der Waals surface area (Å²) in [5.74, 6) is -2.45. The lowest BCUT2D eigenvalue weighted by Gasteiger charge is -2.35. The molecule has 0 saturated carbocycles. The van der Waals surface area contributed by atoms with Gasteiger partial charge in [-0.25, -0.2) is 8.51 Å². The van der Waals surface area contributed by atoms with E-state index in [9.17, 15) is 27.0 Å². The summed E-state index contributed by atoms with van der Waals surface area (Å²) in [6.45, 7) is 0.937. The van der Waals surface area contributed by atoms with E-state index in [2.05, 4.69) is 10.6 Å². The third-order valence-electron chi connectivity index (χ3n) is 2.39. The van der Waals surface area contributed by atoms with Crippen LogP contribution in [0, 0.1) is 0 Å². The van der Waals surface area contributed by atoms with E-state index < -0.39 is 40.1 Å². The summed E-state index contributed by atoms with van der Waals surface area (Å²) < 4.78 is 40.2. The van der Waals surface area contributed by atoms with Crippen LogP contribution in [0.3, 0.4) is 0 Å². The third kappa shape index (κ3) is 3.85. The molecule has 0 aromatic heterocycles. The molecule has 0 bridgehead atoms. The molecular formula is C8H11N3O7S2. The van der Waals surface area contributed by atoms with Crippen LogP contribution in [0.25, 0.3) is 0 Å². The average Bonchev–Trinajstić information content (AvgIpc) is 2.31. The Kier molecular flexibility index (Phi) is 4.97. The van der Waals surface area contributed by atoms with E-state index in [4.69, 9.17) is 4.55 Å². The first-order valence-corrected chi connectivity index (χ1v) is 7.38. The summed E-state index contributed by atoms with van der Waals surface area (Å²) in [6.07, 6.45) is 0. The van der Waals surface area contributed by atoms with Crippen molar-refractivity contribution in [1.29, 1.82) is 0 Å². The van der Waals surface area contributed by atoms with Gasteiger partial charge >= 0.3 is 10.3 Å². The molecule has 0 aliphatic carbocycles. The highest BCUT2D eigenvalue weighted by Gasteiger charge is 2.44. The molecule has 3 amide bonds. The SMILES string of the molecule is C[C@@H](NC(=O)C=S=O)C(=O)NC1CN(S(=O)(=O)O)C1=O. The number of β-lactam (4-membered cyclic amide) rings is 1. The molecular weight excluding hydrogens is 314 g/mol. The summed E-state index contributed by atoms with van der Waals surface area (Å²) in [4.78, 5) is 33.9. The van der Waals surface area contributed by atoms with Gasteiger partial charge in [-0.15, -0.1) is 0 Å². The van der Waals surface area contributed by atoms with E-state index in [1.54, 1.807) is 0 Å². The number of rotatable bonds is 5. The van der Waals surface area contributed by atoms with Gasteiger partial charge in [-0.3, -0.25) is 18.9 Å². The molecule has 3 N–H and O–H groups in total. The number of amides is 3. The Hall–Kier alpha value is -1.79. The summed E-state index contributed by atoms with van der Waals surface area (Å²) in [6, 6.07) is -2.10. The maximum atomic E-state index is 11.6. The van der Waals surface area contributed by atoms with Gasteiger partial charge in [0.2, 0.25) is 5.91 Å². The number of carbonyl (C=O) groups excluding carboxylic acids is 3. The standard InChI is InChI=1S/C8H11N3O7S2/c1-4(9-6(12)3-19-15)7(13)10-5-2-11(8(5)14)20(16,17)18/h3-5H,2H2,1H3,(H,9,12)(H,10,13)(H,16,17,18)/t4-,5?/m1/s1. The first kappa shape index (κ1) is 16.3. The molecule has 1 heterocycles. The molecule has 1 aliphatic heterocycles. The van der Waals surface area contributed by atoms with Gasteiger partial charge in [-0.1, -0.05) is 0 Å². The Labute approximate surface area is 117 Å². The van der Waals surface area contributed by atoms with Crippen molar-refractivity contribution in [3.8, 4) is 0 Å². The second-order valence-corrected chi connectivity index (χ2v) is 5.62. The fourth-order valence-corrected chi connectivity index (χ4v) is 2.21. The van der Waals surface area contributed by atoms with E-state index in [-0.39, 0.29) is 22.1 Å². The predicted molar refractivity (Wildman–Crippen MR) is 67.0 cm³/mol. The predicted octanol–water partition coefficient (Wildman–Crippen LogP) is -3.36. The third-order valence-corrected chi connectivity index (χ3v) is 3.59. The number of carbonyl (C=O) groups is 3.